The number of hydrogen-bond acceptors (Lipinski definition) is 3. The third-order valence-corrected chi connectivity index (χ3v) is 4.31. The van der Waals surface area contributed by atoms with Crippen molar-refractivity contribution in [2.24, 2.45) is 0 Å². The number of anilines is 1. The first-order valence-electron chi connectivity index (χ1n) is 7.25. The number of rotatable bonds is 8. The summed E-state index contributed by atoms with van der Waals surface area (Å²) in [5, 5.41) is 3.52. The Morgan fingerprint density at radius 3 is 2.60 bits per heavy atom. The maximum atomic E-state index is 5.22. The van der Waals surface area contributed by atoms with E-state index in [1.54, 1.807) is 7.11 Å². The molecule has 0 aliphatic heterocycles. The lowest BCUT2D eigenvalue weighted by Crippen LogP contribution is -2.32. The van der Waals surface area contributed by atoms with Crippen LogP contribution < -0.4 is 10.2 Å². The molecule has 0 saturated carbocycles. The molecule has 4 heteroatoms. The minimum absolute atomic E-state index is 0.355. The molecule has 0 fully saturated rings. The molecule has 114 valence electrons. The summed E-state index contributed by atoms with van der Waals surface area (Å²) in [6, 6.07) is 7.28. The topological polar surface area (TPSA) is 24.5 Å². The first-order chi connectivity index (χ1) is 9.51. The van der Waals surface area contributed by atoms with Gasteiger partial charge in [-0.1, -0.05) is 28.9 Å². The second kappa shape index (κ2) is 8.65. The van der Waals surface area contributed by atoms with Crippen molar-refractivity contribution in [3.05, 3.63) is 28.2 Å². The van der Waals surface area contributed by atoms with E-state index in [1.807, 2.05) is 0 Å². The lowest BCUT2D eigenvalue weighted by atomic mass is 10.1. The van der Waals surface area contributed by atoms with Crippen molar-refractivity contribution >= 4 is 21.6 Å². The fourth-order valence-corrected chi connectivity index (χ4v) is 2.87. The Labute approximate surface area is 131 Å². The zero-order chi connectivity index (χ0) is 15.1. The van der Waals surface area contributed by atoms with E-state index >= 15 is 0 Å². The summed E-state index contributed by atoms with van der Waals surface area (Å²) in [5.41, 5.74) is 2.50. The van der Waals surface area contributed by atoms with Crippen LogP contribution in [0.1, 0.15) is 38.8 Å². The highest BCUT2D eigenvalue weighted by Crippen LogP contribution is 2.28. The predicted molar refractivity (Wildman–Crippen MR) is 90.6 cm³/mol. The van der Waals surface area contributed by atoms with Crippen LogP contribution in [0.15, 0.2) is 22.7 Å². The van der Waals surface area contributed by atoms with E-state index < -0.39 is 0 Å². The van der Waals surface area contributed by atoms with Crippen LogP contribution in [0.4, 0.5) is 5.69 Å². The number of ether oxygens (including phenoxy) is 1. The summed E-state index contributed by atoms with van der Waals surface area (Å²) in [7, 11) is 3.84. The largest absolute Gasteiger partial charge is 0.383 e. The van der Waals surface area contributed by atoms with Gasteiger partial charge in [0.2, 0.25) is 0 Å². The van der Waals surface area contributed by atoms with Gasteiger partial charge in [-0.15, -0.1) is 0 Å². The fourth-order valence-electron chi connectivity index (χ4n) is 2.16. The molecule has 0 aliphatic carbocycles. The second-order valence-electron chi connectivity index (χ2n) is 5.30. The summed E-state index contributed by atoms with van der Waals surface area (Å²) < 4.78 is 6.37. The molecule has 0 aliphatic rings. The van der Waals surface area contributed by atoms with Crippen LogP contribution in [0.2, 0.25) is 0 Å². The molecular weight excluding hydrogens is 316 g/mol. The van der Waals surface area contributed by atoms with E-state index in [4.69, 9.17) is 4.74 Å². The molecule has 1 rings (SSSR count). The van der Waals surface area contributed by atoms with E-state index in [0.29, 0.717) is 12.1 Å². The van der Waals surface area contributed by atoms with Crippen LogP contribution in [0.5, 0.6) is 0 Å². The van der Waals surface area contributed by atoms with Gasteiger partial charge in [-0.25, -0.2) is 0 Å². The van der Waals surface area contributed by atoms with Crippen LogP contribution in [-0.4, -0.2) is 33.4 Å². The zero-order valence-corrected chi connectivity index (χ0v) is 14.8. The smallest absolute Gasteiger partial charge is 0.0663 e. The molecule has 0 heterocycles. The number of methoxy groups -OCH3 is 1. The van der Waals surface area contributed by atoms with Crippen molar-refractivity contribution in [1.29, 1.82) is 0 Å². The van der Waals surface area contributed by atoms with Gasteiger partial charge in [0.15, 0.2) is 0 Å². The van der Waals surface area contributed by atoms with Gasteiger partial charge < -0.3 is 15.0 Å². The van der Waals surface area contributed by atoms with Crippen LogP contribution in [0, 0.1) is 0 Å². The molecular formula is C16H27BrN2O. The molecule has 0 amide bonds. The SMILES string of the molecule is CCCNC(C)c1ccc(N(C)C(C)COC)cc1Br. The molecule has 2 unspecified atom stereocenters. The monoisotopic (exact) mass is 342 g/mol. The predicted octanol–water partition coefficient (Wildman–Crippen LogP) is 3.98. The van der Waals surface area contributed by atoms with Gasteiger partial charge >= 0.3 is 0 Å². The first-order valence-corrected chi connectivity index (χ1v) is 8.05. The van der Waals surface area contributed by atoms with Gasteiger partial charge in [0.05, 0.1) is 6.61 Å². The van der Waals surface area contributed by atoms with Gasteiger partial charge in [0.25, 0.3) is 0 Å². The highest BCUT2D eigenvalue weighted by molar-refractivity contribution is 9.10. The van der Waals surface area contributed by atoms with Gasteiger partial charge in [0.1, 0.15) is 0 Å². The fraction of sp³-hybridized carbons (Fsp3) is 0.625. The lowest BCUT2D eigenvalue weighted by molar-refractivity contribution is 0.183. The summed E-state index contributed by atoms with van der Waals surface area (Å²) in [5.74, 6) is 0. The quantitative estimate of drug-likeness (QED) is 0.773. The van der Waals surface area contributed by atoms with Gasteiger partial charge in [-0.05, 0) is 44.5 Å². The van der Waals surface area contributed by atoms with Crippen LogP contribution in [0.25, 0.3) is 0 Å². The maximum absolute atomic E-state index is 5.22. The third kappa shape index (κ3) is 4.76. The molecule has 20 heavy (non-hydrogen) atoms. The number of likely N-dealkylation sites (N-methyl/N-ethyl adjacent to an activating group) is 1. The third-order valence-electron chi connectivity index (χ3n) is 3.63. The Hall–Kier alpha value is -0.580. The maximum Gasteiger partial charge on any atom is 0.0663 e. The molecule has 1 aromatic carbocycles. The number of hydrogen-bond donors (Lipinski definition) is 1. The number of benzene rings is 1. The molecule has 1 N–H and O–H groups in total. The Morgan fingerprint density at radius 2 is 2.05 bits per heavy atom. The molecule has 0 bridgehead atoms. The second-order valence-corrected chi connectivity index (χ2v) is 6.15. The Balaban J connectivity index is 2.81. The standard InChI is InChI=1S/C16H27BrN2O/c1-6-9-18-13(3)15-8-7-14(10-16(15)17)19(4)12(2)11-20-5/h7-8,10,12-13,18H,6,9,11H2,1-5H3. The molecule has 0 saturated heterocycles. The van der Waals surface area contributed by atoms with E-state index in [9.17, 15) is 0 Å². The first kappa shape index (κ1) is 17.5. The summed E-state index contributed by atoms with van der Waals surface area (Å²) in [6.45, 7) is 8.32. The lowest BCUT2D eigenvalue weighted by Gasteiger charge is -2.27. The van der Waals surface area contributed by atoms with E-state index in [-0.39, 0.29) is 0 Å². The minimum Gasteiger partial charge on any atom is -0.383 e. The molecule has 2 atom stereocenters. The van der Waals surface area contributed by atoms with Crippen molar-refractivity contribution in [3.8, 4) is 0 Å². The van der Waals surface area contributed by atoms with Crippen LogP contribution >= 0.6 is 15.9 Å². The Bertz CT molecular complexity index is 411. The molecule has 0 radical (unpaired) electrons. The summed E-state index contributed by atoms with van der Waals surface area (Å²) in [6.07, 6.45) is 1.15. The Kier molecular flexibility index (Phi) is 7.56. The Morgan fingerprint density at radius 1 is 1.35 bits per heavy atom. The van der Waals surface area contributed by atoms with Crippen molar-refractivity contribution in [2.75, 3.05) is 32.2 Å². The zero-order valence-electron chi connectivity index (χ0n) is 13.2. The number of nitrogens with zero attached hydrogens (tertiary/aromatic N) is 1. The van der Waals surface area contributed by atoms with Crippen molar-refractivity contribution in [3.63, 3.8) is 0 Å². The molecule has 1 aromatic rings. The van der Waals surface area contributed by atoms with E-state index in [2.05, 4.69) is 72.2 Å². The van der Waals surface area contributed by atoms with Crippen molar-refractivity contribution in [1.82, 2.24) is 5.32 Å². The van der Waals surface area contributed by atoms with E-state index in [0.717, 1.165) is 24.0 Å². The summed E-state index contributed by atoms with van der Waals surface area (Å²) >= 11 is 3.70. The van der Waals surface area contributed by atoms with E-state index in [1.165, 1.54) is 11.3 Å². The normalized spacial score (nSPS) is 14.1. The van der Waals surface area contributed by atoms with Crippen LogP contribution in [-0.2, 0) is 4.74 Å². The molecule has 3 nitrogen and oxygen atoms in total. The average molecular weight is 343 g/mol. The van der Waals surface area contributed by atoms with Crippen molar-refractivity contribution < 1.29 is 4.74 Å². The highest BCUT2D eigenvalue weighted by Gasteiger charge is 2.13. The summed E-state index contributed by atoms with van der Waals surface area (Å²) in [4.78, 5) is 2.24. The number of nitrogens with one attached hydrogen (secondary N) is 1. The minimum atomic E-state index is 0.355. The van der Waals surface area contributed by atoms with Gasteiger partial charge in [-0.2, -0.15) is 0 Å². The van der Waals surface area contributed by atoms with Crippen LogP contribution in [0.3, 0.4) is 0 Å². The van der Waals surface area contributed by atoms with Crippen molar-refractivity contribution in [2.45, 2.75) is 39.3 Å². The molecule has 0 spiro atoms. The molecule has 0 aromatic heterocycles. The average Bonchev–Trinajstić information content (AvgIpc) is 2.44. The number of halogens is 1. The van der Waals surface area contributed by atoms with Gasteiger partial charge in [-0.3, -0.25) is 0 Å². The van der Waals surface area contributed by atoms with Gasteiger partial charge in [0, 0.05) is 36.4 Å². The highest BCUT2D eigenvalue weighted by atomic mass is 79.9.